The van der Waals surface area contributed by atoms with Crippen LogP contribution in [0, 0.1) is 0 Å². The lowest BCUT2D eigenvalue weighted by Crippen LogP contribution is -2.38. The van der Waals surface area contributed by atoms with E-state index >= 15 is 0 Å². The number of nitrogens with zero attached hydrogens (tertiary/aromatic N) is 3. The topological polar surface area (TPSA) is 132 Å². The zero-order chi connectivity index (χ0) is 21.1. The van der Waals surface area contributed by atoms with Gasteiger partial charge in [0.15, 0.2) is 0 Å². The normalized spacial score (nSPS) is 18.4. The van der Waals surface area contributed by atoms with Crippen molar-refractivity contribution in [2.75, 3.05) is 54.2 Å². The molecule has 2 aliphatic rings. The lowest BCUT2D eigenvalue weighted by molar-refractivity contribution is -0.123. The molecule has 10 heteroatoms. The summed E-state index contributed by atoms with van der Waals surface area (Å²) >= 11 is 0. The lowest BCUT2D eigenvalue weighted by atomic mass is 9.92. The van der Waals surface area contributed by atoms with Crippen LogP contribution in [0.1, 0.15) is 24.8 Å². The molecule has 158 valence electrons. The Hall–Kier alpha value is -3.40. The Morgan fingerprint density at radius 2 is 2.10 bits per heavy atom. The molecule has 2 aliphatic heterocycles. The average molecular weight is 412 g/mol. The number of nitrogens with one attached hydrogen (secondary N) is 2. The maximum absolute atomic E-state index is 13.1. The van der Waals surface area contributed by atoms with Gasteiger partial charge in [-0.1, -0.05) is 12.1 Å². The summed E-state index contributed by atoms with van der Waals surface area (Å²) in [5.74, 6) is -0.0434. The molecule has 4 rings (SSSR count). The summed E-state index contributed by atoms with van der Waals surface area (Å²) in [4.78, 5) is 36.2. The highest BCUT2D eigenvalue weighted by Crippen LogP contribution is 2.37. The molecule has 4 N–H and O–H groups in total. The Kier molecular flexibility index (Phi) is 5.66. The predicted octanol–water partition coefficient (Wildman–Crippen LogP) is 1.36. The molecule has 1 aromatic carbocycles. The molecular formula is C20H24N6O4. The molecule has 1 fully saturated rings. The van der Waals surface area contributed by atoms with E-state index in [9.17, 15) is 9.59 Å². The van der Waals surface area contributed by atoms with Crippen LogP contribution in [-0.2, 0) is 14.3 Å². The van der Waals surface area contributed by atoms with Gasteiger partial charge in [0.1, 0.15) is 17.4 Å². The Morgan fingerprint density at radius 3 is 2.87 bits per heavy atom. The maximum atomic E-state index is 13.1. The zero-order valence-electron chi connectivity index (χ0n) is 16.7. The van der Waals surface area contributed by atoms with Crippen LogP contribution < -0.4 is 26.0 Å². The third kappa shape index (κ3) is 3.99. The molecule has 0 bridgehead atoms. The summed E-state index contributed by atoms with van der Waals surface area (Å²) in [6.45, 7) is 4.72. The molecule has 1 unspecified atom stereocenters. The lowest BCUT2D eigenvalue weighted by Gasteiger charge is -2.30. The van der Waals surface area contributed by atoms with E-state index in [0.29, 0.717) is 55.9 Å². The Balaban J connectivity index is 1.63. The fraction of sp³-hybridized carbons (Fsp3) is 0.400. The monoisotopic (exact) mass is 412 g/mol. The second kappa shape index (κ2) is 8.54. The number of ether oxygens (including phenoxy) is 2. The van der Waals surface area contributed by atoms with E-state index in [2.05, 4.69) is 20.6 Å². The first-order valence-electron chi connectivity index (χ1n) is 9.89. The van der Waals surface area contributed by atoms with E-state index in [4.69, 9.17) is 15.2 Å². The van der Waals surface area contributed by atoms with E-state index in [1.54, 1.807) is 18.2 Å². The molecule has 0 spiro atoms. The minimum absolute atomic E-state index is 0.0416. The van der Waals surface area contributed by atoms with Crippen molar-refractivity contribution >= 4 is 35.1 Å². The molecule has 0 aliphatic carbocycles. The first-order chi connectivity index (χ1) is 14.6. The molecule has 1 aromatic heterocycles. The summed E-state index contributed by atoms with van der Waals surface area (Å²) in [6, 6.07) is 7.13. The van der Waals surface area contributed by atoms with Crippen molar-refractivity contribution in [2.45, 2.75) is 19.3 Å². The van der Waals surface area contributed by atoms with Gasteiger partial charge in [0.05, 0.1) is 37.0 Å². The van der Waals surface area contributed by atoms with Crippen LogP contribution in [0.3, 0.4) is 0 Å². The quantitative estimate of drug-likeness (QED) is 0.671. The van der Waals surface area contributed by atoms with Gasteiger partial charge in [0.2, 0.25) is 17.8 Å². The van der Waals surface area contributed by atoms with Gasteiger partial charge < -0.3 is 30.7 Å². The Labute approximate surface area is 173 Å². The van der Waals surface area contributed by atoms with Gasteiger partial charge in [-0.2, -0.15) is 9.97 Å². The number of morpholine rings is 1. The van der Waals surface area contributed by atoms with E-state index in [1.807, 2.05) is 17.9 Å². The standard InChI is InChI=1S/C20H24N6O4/c1-2-30-14-6-4-3-5-13(14)22-19(28)12-11-15(27)23-18-16(12)17(21)24-20(25-18)26-7-9-29-10-8-26/h3-6,12H,2,7-11H2,1H3,(H,22,28)(H3,21,23,24,25,27). The number of rotatable bonds is 5. The minimum atomic E-state index is -0.804. The third-order valence-corrected chi connectivity index (χ3v) is 5.01. The van der Waals surface area contributed by atoms with Crippen LogP contribution in [-0.4, -0.2) is 54.7 Å². The van der Waals surface area contributed by atoms with Gasteiger partial charge in [-0.25, -0.2) is 0 Å². The predicted molar refractivity (Wildman–Crippen MR) is 112 cm³/mol. The van der Waals surface area contributed by atoms with Crippen molar-refractivity contribution in [3.63, 3.8) is 0 Å². The number of hydrogen-bond acceptors (Lipinski definition) is 8. The number of benzene rings is 1. The minimum Gasteiger partial charge on any atom is -0.492 e. The fourth-order valence-corrected chi connectivity index (χ4v) is 3.58. The van der Waals surface area contributed by atoms with Gasteiger partial charge >= 0.3 is 0 Å². The van der Waals surface area contributed by atoms with Crippen molar-refractivity contribution in [3.05, 3.63) is 29.8 Å². The summed E-state index contributed by atoms with van der Waals surface area (Å²) in [7, 11) is 0. The molecule has 2 amide bonds. The first-order valence-corrected chi connectivity index (χ1v) is 9.89. The van der Waals surface area contributed by atoms with Crippen LogP contribution in [0.15, 0.2) is 24.3 Å². The van der Waals surface area contributed by atoms with Crippen molar-refractivity contribution < 1.29 is 19.1 Å². The van der Waals surface area contributed by atoms with E-state index in [-0.39, 0.29) is 29.9 Å². The van der Waals surface area contributed by atoms with Crippen molar-refractivity contribution in [1.82, 2.24) is 9.97 Å². The number of amides is 2. The van der Waals surface area contributed by atoms with Crippen LogP contribution >= 0.6 is 0 Å². The average Bonchev–Trinajstić information content (AvgIpc) is 2.75. The highest BCUT2D eigenvalue weighted by atomic mass is 16.5. The number of para-hydroxylation sites is 2. The summed E-state index contributed by atoms with van der Waals surface area (Å²) in [5, 5.41) is 5.58. The second-order valence-electron chi connectivity index (χ2n) is 6.99. The third-order valence-electron chi connectivity index (χ3n) is 5.01. The highest BCUT2D eigenvalue weighted by molar-refractivity contribution is 6.06. The van der Waals surface area contributed by atoms with Crippen LogP contribution in [0.4, 0.5) is 23.3 Å². The smallest absolute Gasteiger partial charge is 0.232 e. The number of nitrogen functional groups attached to an aromatic ring is 1. The van der Waals surface area contributed by atoms with E-state index in [0.717, 1.165) is 0 Å². The number of carbonyl (C=O) groups excluding carboxylic acids is 2. The van der Waals surface area contributed by atoms with Crippen molar-refractivity contribution in [3.8, 4) is 5.75 Å². The first kappa shape index (κ1) is 19.9. The van der Waals surface area contributed by atoms with Crippen LogP contribution in [0.2, 0.25) is 0 Å². The number of aromatic nitrogens is 2. The Morgan fingerprint density at radius 1 is 1.33 bits per heavy atom. The molecular weight excluding hydrogens is 388 g/mol. The van der Waals surface area contributed by atoms with Crippen LogP contribution in [0.25, 0.3) is 0 Å². The summed E-state index contributed by atoms with van der Waals surface area (Å²) in [5.41, 5.74) is 7.19. The number of hydrogen-bond donors (Lipinski definition) is 3. The number of fused-ring (bicyclic) bond motifs is 1. The zero-order valence-corrected chi connectivity index (χ0v) is 16.7. The van der Waals surface area contributed by atoms with Gasteiger partial charge in [-0.3, -0.25) is 9.59 Å². The molecule has 1 saturated heterocycles. The Bertz CT molecular complexity index is 960. The SMILES string of the molecule is CCOc1ccccc1NC(=O)C1CC(=O)Nc2nc(N3CCOCC3)nc(N)c21. The molecule has 0 saturated carbocycles. The highest BCUT2D eigenvalue weighted by Gasteiger charge is 2.35. The second-order valence-corrected chi connectivity index (χ2v) is 6.99. The molecule has 1 atom stereocenters. The summed E-state index contributed by atoms with van der Waals surface area (Å²) in [6.07, 6.45) is -0.0416. The van der Waals surface area contributed by atoms with Gasteiger partial charge in [-0.05, 0) is 19.1 Å². The molecule has 10 nitrogen and oxygen atoms in total. The molecule has 0 radical (unpaired) electrons. The number of nitrogens with two attached hydrogens (primary N) is 1. The van der Waals surface area contributed by atoms with E-state index < -0.39 is 5.92 Å². The maximum Gasteiger partial charge on any atom is 0.232 e. The molecule has 30 heavy (non-hydrogen) atoms. The summed E-state index contributed by atoms with van der Waals surface area (Å²) < 4.78 is 10.9. The van der Waals surface area contributed by atoms with Crippen molar-refractivity contribution in [1.29, 1.82) is 0 Å². The fourth-order valence-electron chi connectivity index (χ4n) is 3.58. The largest absolute Gasteiger partial charge is 0.492 e. The van der Waals surface area contributed by atoms with Gasteiger partial charge in [0, 0.05) is 19.5 Å². The van der Waals surface area contributed by atoms with Gasteiger partial charge in [0.25, 0.3) is 0 Å². The van der Waals surface area contributed by atoms with Gasteiger partial charge in [-0.15, -0.1) is 0 Å². The van der Waals surface area contributed by atoms with Crippen LogP contribution in [0.5, 0.6) is 5.75 Å². The molecule has 2 aromatic rings. The number of carbonyl (C=O) groups is 2. The molecule has 3 heterocycles. The van der Waals surface area contributed by atoms with E-state index in [1.165, 1.54) is 0 Å². The number of anilines is 4. The van der Waals surface area contributed by atoms with Crippen molar-refractivity contribution in [2.24, 2.45) is 0 Å².